The molecule has 0 unspecified atom stereocenters. The van der Waals surface area contributed by atoms with E-state index in [-0.39, 0.29) is 105 Å². The Labute approximate surface area is 260 Å². The first kappa shape index (κ1) is 29.3. The Morgan fingerprint density at radius 3 is 1.15 bits per heavy atom. The summed E-state index contributed by atoms with van der Waals surface area (Å²) in [5.41, 5.74) is 1.04. The molecule has 6 N–H and O–H groups in total. The normalized spacial score (nSPS) is 10.5. The van der Waals surface area contributed by atoms with Crippen LogP contribution in [0.5, 0.6) is 34.5 Å². The molecule has 0 amide bonds. The van der Waals surface area contributed by atoms with Gasteiger partial charge in [-0.05, 0) is 35.4 Å². The first-order valence-electron chi connectivity index (χ1n) is 11.7. The number of fused-ring (bicyclic) bond motifs is 2. The number of benzene rings is 4. The molecule has 0 spiro atoms. The minimum absolute atomic E-state index is 0. The fourth-order valence-corrected chi connectivity index (χ4v) is 4.12. The molecule has 0 bridgehead atoms. The average Bonchev–Trinajstić information content (AvgIpc) is 2.90. The van der Waals surface area contributed by atoms with Gasteiger partial charge in [-0.25, -0.2) is 0 Å². The summed E-state index contributed by atoms with van der Waals surface area (Å²) in [5, 5.41) is 56.8. The molecular weight excluding hydrogens is 560 g/mol. The summed E-state index contributed by atoms with van der Waals surface area (Å²) in [4.78, 5) is 24.8. The molecule has 2 heterocycles. The van der Waals surface area contributed by atoms with E-state index in [9.17, 15) is 40.2 Å². The molecule has 0 saturated heterocycles. The first-order valence-corrected chi connectivity index (χ1v) is 11.7. The van der Waals surface area contributed by atoms with Crippen molar-refractivity contribution in [1.82, 2.24) is 0 Å². The van der Waals surface area contributed by atoms with Crippen molar-refractivity contribution in [2.75, 3.05) is 0 Å². The van der Waals surface area contributed by atoms with E-state index in [0.29, 0.717) is 11.1 Å². The van der Waals surface area contributed by atoms with Gasteiger partial charge >= 0.3 is 37.7 Å². The summed E-state index contributed by atoms with van der Waals surface area (Å²) in [7, 11) is 0. The molecule has 6 rings (SSSR count). The molecule has 41 heavy (non-hydrogen) atoms. The van der Waals surface area contributed by atoms with Crippen molar-refractivity contribution in [3.8, 4) is 56.8 Å². The third kappa shape index (κ3) is 5.94. The summed E-state index contributed by atoms with van der Waals surface area (Å²) in [5.74, 6) is -0.867. The van der Waals surface area contributed by atoms with E-state index in [1.165, 1.54) is 48.9 Å². The van der Waals surface area contributed by atoms with Crippen LogP contribution in [-0.2, 0) is 0 Å². The van der Waals surface area contributed by atoms with Crippen molar-refractivity contribution in [1.29, 1.82) is 0 Å². The second-order valence-corrected chi connectivity index (χ2v) is 8.73. The van der Waals surface area contributed by atoms with Crippen molar-refractivity contribution in [3.05, 3.63) is 106 Å². The fraction of sp³-hybridized carbons (Fsp3) is 0. The molecule has 4 aromatic carbocycles. The Kier molecular flexibility index (Phi) is 8.48. The Morgan fingerprint density at radius 1 is 0.463 bits per heavy atom. The third-order valence-corrected chi connectivity index (χ3v) is 6.04. The standard InChI is InChI=1S/2C15H10O5.Ca/c2*16-9-3-1-8(2-4-9)11-7-20-13-6-10(17)5-12(18)14(13)15(11)19;/h2*1-7,16-18H;/q;;+2. The van der Waals surface area contributed by atoms with Crippen molar-refractivity contribution in [3.63, 3.8) is 0 Å². The van der Waals surface area contributed by atoms with E-state index >= 15 is 0 Å². The molecule has 0 aliphatic heterocycles. The van der Waals surface area contributed by atoms with E-state index in [1.807, 2.05) is 0 Å². The number of hydrogen-bond acceptors (Lipinski definition) is 10. The zero-order valence-electron chi connectivity index (χ0n) is 21.1. The van der Waals surface area contributed by atoms with Crippen LogP contribution in [0.3, 0.4) is 0 Å². The molecule has 6 aromatic rings. The minimum Gasteiger partial charge on any atom is -0.508 e. The van der Waals surface area contributed by atoms with E-state index < -0.39 is 10.9 Å². The number of aromatic hydroxyl groups is 6. The van der Waals surface area contributed by atoms with E-state index in [0.717, 1.165) is 12.1 Å². The Bertz CT molecular complexity index is 1850. The van der Waals surface area contributed by atoms with Crippen LogP contribution in [0.15, 0.2) is 104 Å². The fourth-order valence-electron chi connectivity index (χ4n) is 4.12. The second kappa shape index (κ2) is 11.8. The maximum Gasteiger partial charge on any atom is 2.00 e. The largest absolute Gasteiger partial charge is 2.00 e. The van der Waals surface area contributed by atoms with Crippen molar-refractivity contribution >= 4 is 59.7 Å². The number of phenolic OH excluding ortho intramolecular Hbond substituents is 6. The van der Waals surface area contributed by atoms with Gasteiger partial charge in [0.1, 0.15) is 69.0 Å². The molecule has 0 aliphatic rings. The summed E-state index contributed by atoms with van der Waals surface area (Å²) >= 11 is 0. The maximum absolute atomic E-state index is 12.4. The number of hydrogen-bond donors (Lipinski definition) is 6. The predicted molar refractivity (Wildman–Crippen MR) is 152 cm³/mol. The second-order valence-electron chi connectivity index (χ2n) is 8.73. The van der Waals surface area contributed by atoms with Crippen LogP contribution in [-0.4, -0.2) is 68.4 Å². The van der Waals surface area contributed by atoms with Crippen LogP contribution in [0.1, 0.15) is 0 Å². The Morgan fingerprint density at radius 2 is 0.805 bits per heavy atom. The van der Waals surface area contributed by atoms with Crippen LogP contribution in [0, 0.1) is 0 Å². The number of phenols is 6. The quantitative estimate of drug-likeness (QED) is 0.156. The van der Waals surface area contributed by atoms with Gasteiger partial charge in [0.2, 0.25) is 10.9 Å². The summed E-state index contributed by atoms with van der Waals surface area (Å²) < 4.78 is 10.6. The third-order valence-electron chi connectivity index (χ3n) is 6.04. The van der Waals surface area contributed by atoms with Crippen LogP contribution in [0.2, 0.25) is 0 Å². The SMILES string of the molecule is O=c1c(-c2ccc(O)cc2)coc2cc(O)cc(O)c12.O=c1c(-c2ccc(O)cc2)coc2cc(O)cc(O)c12.[Ca+2]. The summed E-state index contributed by atoms with van der Waals surface area (Å²) in [6.45, 7) is 0. The molecule has 0 fully saturated rings. The molecule has 0 saturated carbocycles. The topological polar surface area (TPSA) is 182 Å². The Balaban J connectivity index is 0.000000184. The Hall–Kier alpha value is -4.64. The molecule has 11 heteroatoms. The van der Waals surface area contributed by atoms with Gasteiger partial charge in [-0.1, -0.05) is 24.3 Å². The molecule has 0 radical (unpaired) electrons. The van der Waals surface area contributed by atoms with Gasteiger partial charge in [0.15, 0.2) is 0 Å². The molecule has 200 valence electrons. The first-order chi connectivity index (χ1) is 19.1. The van der Waals surface area contributed by atoms with Gasteiger partial charge < -0.3 is 39.5 Å². The van der Waals surface area contributed by atoms with Gasteiger partial charge in [0.05, 0.1) is 11.1 Å². The van der Waals surface area contributed by atoms with Crippen LogP contribution in [0.4, 0.5) is 0 Å². The van der Waals surface area contributed by atoms with Gasteiger partial charge in [0.25, 0.3) is 0 Å². The van der Waals surface area contributed by atoms with Crippen LogP contribution < -0.4 is 10.9 Å². The van der Waals surface area contributed by atoms with E-state index in [2.05, 4.69) is 0 Å². The van der Waals surface area contributed by atoms with Crippen molar-refractivity contribution < 1.29 is 39.5 Å². The predicted octanol–water partition coefficient (Wildman–Crippen LogP) is 4.77. The van der Waals surface area contributed by atoms with E-state index in [1.54, 1.807) is 24.3 Å². The van der Waals surface area contributed by atoms with Gasteiger partial charge in [-0.15, -0.1) is 0 Å². The smallest absolute Gasteiger partial charge is 0.508 e. The minimum atomic E-state index is -0.408. The maximum atomic E-state index is 12.4. The van der Waals surface area contributed by atoms with Gasteiger partial charge in [-0.3, -0.25) is 9.59 Å². The van der Waals surface area contributed by atoms with Gasteiger partial charge in [-0.2, -0.15) is 0 Å². The zero-order valence-corrected chi connectivity index (χ0v) is 23.3. The molecule has 10 nitrogen and oxygen atoms in total. The monoisotopic (exact) mass is 580 g/mol. The average molecular weight is 581 g/mol. The van der Waals surface area contributed by atoms with Crippen LogP contribution >= 0.6 is 0 Å². The number of rotatable bonds is 2. The van der Waals surface area contributed by atoms with Crippen molar-refractivity contribution in [2.24, 2.45) is 0 Å². The molecule has 0 aliphatic carbocycles. The molecule has 0 atom stereocenters. The summed E-state index contributed by atoms with van der Waals surface area (Å²) in [6.07, 6.45) is 2.52. The molecule has 2 aromatic heterocycles. The van der Waals surface area contributed by atoms with Crippen molar-refractivity contribution in [2.45, 2.75) is 0 Å². The zero-order chi connectivity index (χ0) is 28.6. The molecular formula is C30H20CaO10+2. The van der Waals surface area contributed by atoms with E-state index in [4.69, 9.17) is 8.83 Å². The summed E-state index contributed by atoms with van der Waals surface area (Å²) in [6, 6.07) is 16.8. The van der Waals surface area contributed by atoms with Crippen LogP contribution in [0.25, 0.3) is 44.2 Å². The van der Waals surface area contributed by atoms with Gasteiger partial charge in [0, 0.05) is 24.3 Å².